The van der Waals surface area contributed by atoms with Crippen molar-refractivity contribution in [1.82, 2.24) is 0 Å². The molecule has 5 nitrogen and oxygen atoms in total. The lowest BCUT2D eigenvalue weighted by Gasteiger charge is -2.21. The standard InChI is InChI=1S/C19H21N2O2.C7H8O/c1-4-21(5-2)16-7-6-15-12-17(19(22)23-18(15)13-16)14-8-10-20(3)11-9-14;1-6-2-4-7(8)5-3-6/h6-13H,4-5H2,1-3H3;2-5,8H,1H3/q+1;. The number of hydrogen-bond donors (Lipinski definition) is 1. The van der Waals surface area contributed by atoms with Crippen LogP contribution >= 0.6 is 0 Å². The van der Waals surface area contributed by atoms with Crippen molar-refractivity contribution in [3.05, 3.63) is 89.0 Å². The van der Waals surface area contributed by atoms with Crippen LogP contribution in [-0.2, 0) is 7.05 Å². The SMILES string of the molecule is CCN(CC)c1ccc2cc(-c3cc[n+](C)cc3)c(=O)oc2c1.Cc1ccc(O)cc1. The molecule has 31 heavy (non-hydrogen) atoms. The Morgan fingerprint density at radius 2 is 1.58 bits per heavy atom. The molecule has 2 aromatic carbocycles. The van der Waals surface area contributed by atoms with Crippen LogP contribution in [-0.4, -0.2) is 18.2 Å². The van der Waals surface area contributed by atoms with E-state index < -0.39 is 0 Å². The Hall–Kier alpha value is -3.60. The normalized spacial score (nSPS) is 10.5. The second-order valence-corrected chi connectivity index (χ2v) is 7.43. The molecule has 160 valence electrons. The fraction of sp³-hybridized carbons (Fsp3) is 0.231. The third-order valence-corrected chi connectivity index (χ3v) is 5.17. The Morgan fingerprint density at radius 3 is 2.16 bits per heavy atom. The first kappa shape index (κ1) is 22.1. The van der Waals surface area contributed by atoms with Crippen molar-refractivity contribution in [2.75, 3.05) is 18.0 Å². The first-order valence-electron chi connectivity index (χ1n) is 10.5. The number of nitrogens with zero attached hydrogens (tertiary/aromatic N) is 2. The predicted molar refractivity (Wildman–Crippen MR) is 126 cm³/mol. The molecule has 0 aliphatic rings. The number of hydrogen-bond acceptors (Lipinski definition) is 4. The van der Waals surface area contributed by atoms with Gasteiger partial charge in [-0.25, -0.2) is 9.36 Å². The van der Waals surface area contributed by atoms with E-state index in [0.29, 0.717) is 16.9 Å². The molecular weight excluding hydrogens is 388 g/mol. The summed E-state index contributed by atoms with van der Waals surface area (Å²) in [6, 6.07) is 18.9. The topological polar surface area (TPSA) is 57.6 Å². The van der Waals surface area contributed by atoms with Crippen molar-refractivity contribution in [2.45, 2.75) is 20.8 Å². The van der Waals surface area contributed by atoms with Gasteiger partial charge in [0.1, 0.15) is 18.4 Å². The van der Waals surface area contributed by atoms with Crippen molar-refractivity contribution < 1.29 is 14.1 Å². The van der Waals surface area contributed by atoms with Gasteiger partial charge in [0.2, 0.25) is 0 Å². The maximum atomic E-state index is 12.4. The minimum absolute atomic E-state index is 0.303. The van der Waals surface area contributed by atoms with Crippen molar-refractivity contribution in [3.63, 3.8) is 0 Å². The maximum Gasteiger partial charge on any atom is 0.344 e. The van der Waals surface area contributed by atoms with E-state index in [9.17, 15) is 4.79 Å². The summed E-state index contributed by atoms with van der Waals surface area (Å²) in [5.74, 6) is 0.329. The fourth-order valence-electron chi connectivity index (χ4n) is 3.31. The van der Waals surface area contributed by atoms with Crippen molar-refractivity contribution >= 4 is 16.7 Å². The smallest absolute Gasteiger partial charge is 0.344 e. The summed E-state index contributed by atoms with van der Waals surface area (Å²) in [4.78, 5) is 14.6. The van der Waals surface area contributed by atoms with Gasteiger partial charge in [0.15, 0.2) is 12.4 Å². The summed E-state index contributed by atoms with van der Waals surface area (Å²) < 4.78 is 7.50. The lowest BCUT2D eigenvalue weighted by molar-refractivity contribution is -0.671. The molecule has 0 atom stereocenters. The van der Waals surface area contributed by atoms with Gasteiger partial charge in [-0.05, 0) is 51.1 Å². The minimum Gasteiger partial charge on any atom is -0.508 e. The van der Waals surface area contributed by atoms with Gasteiger partial charge in [0, 0.05) is 47.9 Å². The largest absolute Gasteiger partial charge is 0.508 e. The van der Waals surface area contributed by atoms with Gasteiger partial charge < -0.3 is 14.4 Å². The summed E-state index contributed by atoms with van der Waals surface area (Å²) >= 11 is 0. The Bertz CT molecular complexity index is 1170. The lowest BCUT2D eigenvalue weighted by atomic mass is 10.1. The second kappa shape index (κ2) is 9.94. The summed E-state index contributed by atoms with van der Waals surface area (Å²) in [5, 5.41) is 9.69. The van der Waals surface area contributed by atoms with E-state index in [-0.39, 0.29) is 5.63 Å². The first-order chi connectivity index (χ1) is 14.9. The molecule has 0 aliphatic heterocycles. The van der Waals surface area contributed by atoms with Crippen LogP contribution in [0.4, 0.5) is 5.69 Å². The Morgan fingerprint density at radius 1 is 0.935 bits per heavy atom. The number of aromatic nitrogens is 1. The van der Waals surface area contributed by atoms with Crippen LogP contribution in [0.5, 0.6) is 5.75 Å². The quantitative estimate of drug-likeness (QED) is 0.382. The molecular formula is C26H29N2O3+. The summed E-state index contributed by atoms with van der Waals surface area (Å²) in [6.45, 7) is 8.06. The van der Waals surface area contributed by atoms with Gasteiger partial charge in [-0.1, -0.05) is 17.7 Å². The van der Waals surface area contributed by atoms with Crippen LogP contribution in [0.3, 0.4) is 0 Å². The number of fused-ring (bicyclic) bond motifs is 1. The highest BCUT2D eigenvalue weighted by Crippen LogP contribution is 2.24. The van der Waals surface area contributed by atoms with Gasteiger partial charge in [-0.2, -0.15) is 0 Å². The molecule has 0 saturated heterocycles. The number of aromatic hydroxyl groups is 1. The van der Waals surface area contributed by atoms with Crippen LogP contribution in [0.1, 0.15) is 19.4 Å². The summed E-state index contributed by atoms with van der Waals surface area (Å²) in [5.41, 5.74) is 4.03. The Balaban J connectivity index is 0.000000287. The van der Waals surface area contributed by atoms with E-state index in [1.54, 1.807) is 12.1 Å². The highest BCUT2D eigenvalue weighted by Gasteiger charge is 2.10. The van der Waals surface area contributed by atoms with Gasteiger partial charge >= 0.3 is 5.63 Å². The second-order valence-electron chi connectivity index (χ2n) is 7.43. The summed E-state index contributed by atoms with van der Waals surface area (Å²) in [7, 11) is 1.95. The molecule has 0 radical (unpaired) electrons. The molecule has 2 aromatic heterocycles. The van der Waals surface area contributed by atoms with Crippen LogP contribution in [0, 0.1) is 6.92 Å². The van der Waals surface area contributed by atoms with E-state index in [1.165, 1.54) is 5.56 Å². The van der Waals surface area contributed by atoms with E-state index in [0.717, 1.165) is 29.7 Å². The monoisotopic (exact) mass is 417 g/mol. The molecule has 0 aliphatic carbocycles. The Labute approximate surface area is 182 Å². The van der Waals surface area contributed by atoms with Crippen molar-refractivity contribution in [2.24, 2.45) is 7.05 Å². The van der Waals surface area contributed by atoms with Crippen LogP contribution in [0.15, 0.2) is 82.3 Å². The molecule has 0 bridgehead atoms. The van der Waals surface area contributed by atoms with Gasteiger partial charge in [0.25, 0.3) is 0 Å². The zero-order valence-corrected chi connectivity index (χ0v) is 18.5. The summed E-state index contributed by atoms with van der Waals surface area (Å²) in [6.07, 6.45) is 3.84. The third-order valence-electron chi connectivity index (χ3n) is 5.17. The molecule has 0 unspecified atom stereocenters. The zero-order chi connectivity index (χ0) is 22.4. The average Bonchev–Trinajstić information content (AvgIpc) is 2.77. The predicted octanol–water partition coefficient (Wildman–Crippen LogP) is 4.83. The van der Waals surface area contributed by atoms with Crippen LogP contribution in [0.25, 0.3) is 22.1 Å². The Kier molecular flexibility index (Phi) is 7.08. The number of benzene rings is 2. The maximum absolute atomic E-state index is 12.4. The molecule has 1 N–H and O–H groups in total. The van der Waals surface area contributed by atoms with Crippen LogP contribution in [0.2, 0.25) is 0 Å². The third kappa shape index (κ3) is 5.51. The van der Waals surface area contributed by atoms with E-state index in [1.807, 2.05) is 73.4 Å². The molecule has 0 spiro atoms. The van der Waals surface area contributed by atoms with Crippen molar-refractivity contribution in [3.8, 4) is 16.9 Å². The van der Waals surface area contributed by atoms with E-state index in [4.69, 9.17) is 9.52 Å². The molecule has 4 aromatic rings. The number of phenols is 1. The average molecular weight is 418 g/mol. The van der Waals surface area contributed by atoms with E-state index in [2.05, 4.69) is 24.8 Å². The number of pyridine rings is 1. The van der Waals surface area contributed by atoms with Gasteiger partial charge in [-0.3, -0.25) is 0 Å². The molecule has 5 heteroatoms. The number of anilines is 1. The first-order valence-corrected chi connectivity index (χ1v) is 10.5. The fourth-order valence-corrected chi connectivity index (χ4v) is 3.31. The van der Waals surface area contributed by atoms with Crippen LogP contribution < -0.4 is 15.1 Å². The molecule has 4 rings (SSSR count). The van der Waals surface area contributed by atoms with Gasteiger partial charge in [0.05, 0.1) is 5.56 Å². The lowest BCUT2D eigenvalue weighted by Crippen LogP contribution is -2.25. The molecule has 2 heterocycles. The number of rotatable bonds is 4. The van der Waals surface area contributed by atoms with Crippen molar-refractivity contribution in [1.29, 1.82) is 0 Å². The molecule has 0 amide bonds. The minimum atomic E-state index is -0.303. The highest BCUT2D eigenvalue weighted by molar-refractivity contribution is 5.84. The molecule has 0 saturated carbocycles. The zero-order valence-electron chi connectivity index (χ0n) is 18.5. The van der Waals surface area contributed by atoms with E-state index >= 15 is 0 Å². The number of phenolic OH excluding ortho intramolecular Hbond substituents is 1. The molecule has 0 fully saturated rings. The number of aryl methyl sites for hydroxylation is 2. The van der Waals surface area contributed by atoms with Gasteiger partial charge in [-0.15, -0.1) is 0 Å². The highest BCUT2D eigenvalue weighted by atomic mass is 16.4.